The Hall–Kier alpha value is -1.84. The third kappa shape index (κ3) is 2.78. The first-order valence-electron chi connectivity index (χ1n) is 6.80. The number of fused-ring (bicyclic) bond motifs is 1. The molecule has 1 aromatic rings. The number of rotatable bonds is 4. The zero-order valence-electron chi connectivity index (χ0n) is 11.5. The van der Waals surface area contributed by atoms with Crippen molar-refractivity contribution in [3.05, 3.63) is 29.8 Å². The predicted molar refractivity (Wildman–Crippen MR) is 75.0 cm³/mol. The molecule has 4 heteroatoms. The molecule has 4 nitrogen and oxygen atoms in total. The predicted octanol–water partition coefficient (Wildman–Crippen LogP) is 1.88. The minimum absolute atomic E-state index is 0.0557. The summed E-state index contributed by atoms with van der Waals surface area (Å²) in [5.74, 6) is -0.138. The van der Waals surface area contributed by atoms with Gasteiger partial charge in [-0.25, -0.2) is 0 Å². The van der Waals surface area contributed by atoms with E-state index in [0.717, 1.165) is 24.1 Å². The van der Waals surface area contributed by atoms with E-state index in [4.69, 9.17) is 0 Å². The van der Waals surface area contributed by atoms with Crippen LogP contribution in [0.4, 0.5) is 5.69 Å². The number of hydrogen-bond donors (Lipinski definition) is 1. The molecule has 1 aliphatic heterocycles. The quantitative estimate of drug-likeness (QED) is 0.840. The molecule has 0 fully saturated rings. The van der Waals surface area contributed by atoms with Crippen LogP contribution in [0.5, 0.6) is 0 Å². The molecule has 1 atom stereocenters. The number of anilines is 1. The minimum Gasteiger partial charge on any atom is -0.354 e. The van der Waals surface area contributed by atoms with E-state index < -0.39 is 6.04 Å². The van der Waals surface area contributed by atoms with E-state index in [1.54, 1.807) is 4.90 Å². The highest BCUT2D eigenvalue weighted by atomic mass is 16.2. The van der Waals surface area contributed by atoms with Crippen molar-refractivity contribution in [3.63, 3.8) is 0 Å². The SMILES string of the molecule is CCCCNC(=O)[C@@H]1Cc2ccccc2N1C(C)=O. The van der Waals surface area contributed by atoms with Crippen molar-refractivity contribution in [2.24, 2.45) is 0 Å². The number of amides is 2. The van der Waals surface area contributed by atoms with E-state index in [1.807, 2.05) is 24.3 Å². The molecule has 0 radical (unpaired) electrons. The zero-order chi connectivity index (χ0) is 13.8. The molecule has 1 heterocycles. The molecule has 0 spiro atoms. The van der Waals surface area contributed by atoms with Gasteiger partial charge in [0.2, 0.25) is 11.8 Å². The molecule has 0 unspecified atom stereocenters. The molecule has 1 N–H and O–H groups in total. The van der Waals surface area contributed by atoms with E-state index in [0.29, 0.717) is 13.0 Å². The van der Waals surface area contributed by atoms with Gasteiger partial charge in [0.1, 0.15) is 6.04 Å². The van der Waals surface area contributed by atoms with Crippen LogP contribution in [0.1, 0.15) is 32.3 Å². The largest absolute Gasteiger partial charge is 0.354 e. The minimum atomic E-state index is -0.397. The van der Waals surface area contributed by atoms with Gasteiger partial charge in [0.25, 0.3) is 0 Å². The highest BCUT2D eigenvalue weighted by molar-refractivity contribution is 6.02. The fourth-order valence-electron chi connectivity index (χ4n) is 2.49. The lowest BCUT2D eigenvalue weighted by molar-refractivity contribution is -0.125. The average Bonchev–Trinajstić information content (AvgIpc) is 2.78. The normalized spacial score (nSPS) is 17.2. The third-order valence-electron chi connectivity index (χ3n) is 3.45. The fraction of sp³-hybridized carbons (Fsp3) is 0.467. The van der Waals surface area contributed by atoms with Gasteiger partial charge in [-0.1, -0.05) is 31.5 Å². The maximum Gasteiger partial charge on any atom is 0.243 e. The van der Waals surface area contributed by atoms with E-state index >= 15 is 0 Å². The summed E-state index contributed by atoms with van der Waals surface area (Å²) in [5, 5.41) is 2.91. The molecule has 102 valence electrons. The monoisotopic (exact) mass is 260 g/mol. The maximum absolute atomic E-state index is 12.2. The molecule has 1 aliphatic rings. The molecule has 0 aromatic heterocycles. The van der Waals surface area contributed by atoms with Crippen LogP contribution in [-0.4, -0.2) is 24.4 Å². The van der Waals surface area contributed by atoms with Gasteiger partial charge in [0, 0.05) is 25.6 Å². The van der Waals surface area contributed by atoms with Crippen molar-refractivity contribution in [1.82, 2.24) is 5.32 Å². The van der Waals surface area contributed by atoms with Crippen molar-refractivity contribution in [2.75, 3.05) is 11.4 Å². The summed E-state index contributed by atoms with van der Waals surface area (Å²) in [7, 11) is 0. The molecule has 0 aliphatic carbocycles. The lowest BCUT2D eigenvalue weighted by Gasteiger charge is -2.23. The topological polar surface area (TPSA) is 49.4 Å². The van der Waals surface area contributed by atoms with Gasteiger partial charge in [-0.15, -0.1) is 0 Å². The van der Waals surface area contributed by atoms with Crippen LogP contribution in [0, 0.1) is 0 Å². The Bertz CT molecular complexity index is 485. The molecular weight excluding hydrogens is 240 g/mol. The number of carbonyl (C=O) groups is 2. The van der Waals surface area contributed by atoms with Crippen LogP contribution in [-0.2, 0) is 16.0 Å². The van der Waals surface area contributed by atoms with Crippen LogP contribution >= 0.6 is 0 Å². The molecule has 0 saturated carbocycles. The molecule has 2 rings (SSSR count). The Morgan fingerprint density at radius 1 is 1.37 bits per heavy atom. The third-order valence-corrected chi connectivity index (χ3v) is 3.45. The zero-order valence-corrected chi connectivity index (χ0v) is 11.5. The van der Waals surface area contributed by atoms with Crippen molar-refractivity contribution in [2.45, 2.75) is 39.2 Å². The summed E-state index contributed by atoms with van der Waals surface area (Å²) in [5.41, 5.74) is 1.93. The number of nitrogens with one attached hydrogen (secondary N) is 1. The highest BCUT2D eigenvalue weighted by Gasteiger charge is 2.36. The lowest BCUT2D eigenvalue weighted by atomic mass is 10.1. The second-order valence-corrected chi connectivity index (χ2v) is 4.88. The average molecular weight is 260 g/mol. The summed E-state index contributed by atoms with van der Waals surface area (Å²) < 4.78 is 0. The smallest absolute Gasteiger partial charge is 0.243 e. The van der Waals surface area contributed by atoms with Crippen molar-refractivity contribution in [1.29, 1.82) is 0 Å². The Morgan fingerprint density at radius 2 is 2.11 bits per heavy atom. The van der Waals surface area contributed by atoms with Gasteiger partial charge in [-0.2, -0.15) is 0 Å². The summed E-state index contributed by atoms with van der Waals surface area (Å²) in [6, 6.07) is 7.31. The van der Waals surface area contributed by atoms with Crippen molar-refractivity contribution in [3.8, 4) is 0 Å². The van der Waals surface area contributed by atoms with E-state index in [-0.39, 0.29) is 11.8 Å². The van der Waals surface area contributed by atoms with Crippen LogP contribution in [0.3, 0.4) is 0 Å². The van der Waals surface area contributed by atoms with Crippen LogP contribution in [0.25, 0.3) is 0 Å². The Kier molecular flexibility index (Phi) is 4.20. The van der Waals surface area contributed by atoms with Gasteiger partial charge < -0.3 is 5.32 Å². The number of nitrogens with zero attached hydrogens (tertiary/aromatic N) is 1. The molecule has 0 saturated heterocycles. The van der Waals surface area contributed by atoms with E-state index in [1.165, 1.54) is 6.92 Å². The highest BCUT2D eigenvalue weighted by Crippen LogP contribution is 2.32. The van der Waals surface area contributed by atoms with Gasteiger partial charge >= 0.3 is 0 Å². The Labute approximate surface area is 113 Å². The number of benzene rings is 1. The molecule has 0 bridgehead atoms. The first-order valence-corrected chi connectivity index (χ1v) is 6.80. The molecular formula is C15H20N2O2. The summed E-state index contributed by atoms with van der Waals surface area (Å²) in [6.07, 6.45) is 2.61. The first-order chi connectivity index (χ1) is 9.15. The van der Waals surface area contributed by atoms with Gasteiger partial charge in [0.15, 0.2) is 0 Å². The lowest BCUT2D eigenvalue weighted by Crippen LogP contribution is -2.47. The van der Waals surface area contributed by atoms with Gasteiger partial charge in [-0.05, 0) is 18.1 Å². The second kappa shape index (κ2) is 5.87. The number of hydrogen-bond acceptors (Lipinski definition) is 2. The second-order valence-electron chi connectivity index (χ2n) is 4.88. The van der Waals surface area contributed by atoms with Crippen molar-refractivity contribution >= 4 is 17.5 Å². The van der Waals surface area contributed by atoms with Crippen molar-refractivity contribution < 1.29 is 9.59 Å². The standard InChI is InChI=1S/C15H20N2O2/c1-3-4-9-16-15(19)14-10-12-7-5-6-8-13(12)17(14)11(2)18/h5-8,14H,3-4,9-10H2,1-2H3,(H,16,19)/t14-/m0/s1. The van der Waals surface area contributed by atoms with Crippen LogP contribution in [0.2, 0.25) is 0 Å². The van der Waals surface area contributed by atoms with E-state index in [2.05, 4.69) is 12.2 Å². The van der Waals surface area contributed by atoms with E-state index in [9.17, 15) is 9.59 Å². The maximum atomic E-state index is 12.2. The number of unbranched alkanes of at least 4 members (excludes halogenated alkanes) is 1. The summed E-state index contributed by atoms with van der Waals surface area (Å²) >= 11 is 0. The summed E-state index contributed by atoms with van der Waals surface area (Å²) in [4.78, 5) is 25.6. The Morgan fingerprint density at radius 3 is 2.79 bits per heavy atom. The molecule has 19 heavy (non-hydrogen) atoms. The molecule has 1 aromatic carbocycles. The van der Waals surface area contributed by atoms with Crippen LogP contribution < -0.4 is 10.2 Å². The molecule has 2 amide bonds. The van der Waals surface area contributed by atoms with Crippen LogP contribution in [0.15, 0.2) is 24.3 Å². The number of para-hydroxylation sites is 1. The van der Waals surface area contributed by atoms with Gasteiger partial charge in [0.05, 0.1) is 0 Å². The van der Waals surface area contributed by atoms with Gasteiger partial charge in [-0.3, -0.25) is 14.5 Å². The number of carbonyl (C=O) groups excluding carboxylic acids is 2. The fourth-order valence-corrected chi connectivity index (χ4v) is 2.49. The summed E-state index contributed by atoms with van der Waals surface area (Å²) in [6.45, 7) is 4.27. The Balaban J connectivity index is 2.14. The first kappa shape index (κ1) is 13.6.